The van der Waals surface area contributed by atoms with Crippen molar-refractivity contribution in [3.63, 3.8) is 0 Å². The molecule has 0 unspecified atom stereocenters. The van der Waals surface area contributed by atoms with Crippen LogP contribution in [0.25, 0.3) is 0 Å². The van der Waals surface area contributed by atoms with Crippen LogP contribution in [0.1, 0.15) is 76.7 Å². The maximum Gasteiger partial charge on any atom is 0.430 e. The molecule has 0 radical (unpaired) electrons. The van der Waals surface area contributed by atoms with Gasteiger partial charge in [0.15, 0.2) is 14.7 Å². The minimum atomic E-state index is -5.19. The molecule has 3 aromatic carbocycles. The number of carboxylic acids is 1. The number of halogens is 3. The van der Waals surface area contributed by atoms with Gasteiger partial charge >= 0.3 is 6.18 Å². The molecule has 0 bridgehead atoms. The Morgan fingerprint density at radius 1 is 0.632 bits per heavy atom. The third-order valence-corrected chi connectivity index (χ3v) is 8.40. The van der Waals surface area contributed by atoms with E-state index in [1.54, 1.807) is 0 Å². The Kier molecular flexibility index (Phi) is 14.7. The Bertz CT molecular complexity index is 983. The maximum absolute atomic E-state index is 10.5. The van der Waals surface area contributed by atoms with Gasteiger partial charge in [-0.15, -0.1) is 0 Å². The van der Waals surface area contributed by atoms with Gasteiger partial charge in [0, 0.05) is 0 Å². The number of carbonyl (C=O) groups excluding carboxylic acids is 1. The van der Waals surface area contributed by atoms with Crippen molar-refractivity contribution >= 4 is 16.9 Å². The number of carboxylic acid groups (broad SMARTS) is 1. The first-order valence-corrected chi connectivity index (χ1v) is 14.8. The van der Waals surface area contributed by atoms with Crippen molar-refractivity contribution in [1.82, 2.24) is 0 Å². The van der Waals surface area contributed by atoms with Crippen molar-refractivity contribution in [3.8, 4) is 0 Å². The van der Waals surface area contributed by atoms with Crippen LogP contribution in [0.5, 0.6) is 0 Å². The maximum atomic E-state index is 10.5. The van der Waals surface area contributed by atoms with E-state index in [2.05, 4.69) is 91.9 Å². The minimum absolute atomic E-state index is 0.0375. The zero-order valence-corrected chi connectivity index (χ0v) is 23.0. The summed E-state index contributed by atoms with van der Waals surface area (Å²) in [6.07, 6.45) is 10.0. The Morgan fingerprint density at radius 2 is 1.00 bits per heavy atom. The summed E-state index contributed by atoms with van der Waals surface area (Å²) >= 11 is 0. The summed E-state index contributed by atoms with van der Waals surface area (Å²) in [4.78, 5) is 13.0. The van der Waals surface area contributed by atoms with Gasteiger partial charge in [0.05, 0.1) is 10.9 Å². The molecule has 0 amide bonds. The van der Waals surface area contributed by atoms with Crippen molar-refractivity contribution < 1.29 is 23.1 Å². The zero-order valence-electron chi connectivity index (χ0n) is 22.2. The number of alkyl halides is 3. The van der Waals surface area contributed by atoms with Gasteiger partial charge in [-0.25, -0.2) is 0 Å². The van der Waals surface area contributed by atoms with Crippen molar-refractivity contribution in [3.05, 3.63) is 90.5 Å². The normalized spacial score (nSPS) is 11.2. The molecule has 206 valence electrons. The lowest BCUT2D eigenvalue weighted by molar-refractivity contribution is -0.344. The van der Waals surface area contributed by atoms with E-state index in [1.807, 2.05) is 0 Å². The third kappa shape index (κ3) is 12.2. The highest BCUT2D eigenvalue weighted by molar-refractivity contribution is 7.97. The van der Waals surface area contributed by atoms with Gasteiger partial charge in [-0.2, -0.15) is 13.2 Å². The molecule has 0 aliphatic heterocycles. The summed E-state index contributed by atoms with van der Waals surface area (Å²) in [6.45, 7) is 2.29. The monoisotopic (exact) mass is 544 g/mol. The SMILES string of the molecule is CCCCCCCCCCCCc1ccc([S+](c2ccccc2)c2ccccc2)cc1.O=C([O-])C(F)(F)F. The summed E-state index contributed by atoms with van der Waals surface area (Å²) in [6, 6.07) is 31.3. The molecular weight excluding hydrogens is 505 g/mol. The molecular formula is C32H39F3O2S. The molecule has 0 saturated heterocycles. The fourth-order valence-electron chi connectivity index (χ4n) is 4.13. The minimum Gasteiger partial charge on any atom is -0.542 e. The fraction of sp³-hybridized carbons (Fsp3) is 0.406. The number of hydrogen-bond acceptors (Lipinski definition) is 2. The summed E-state index contributed by atoms with van der Waals surface area (Å²) in [5.41, 5.74) is 1.48. The molecule has 3 aromatic rings. The average molecular weight is 545 g/mol. The Balaban J connectivity index is 0.000000638. The second-order valence-corrected chi connectivity index (χ2v) is 11.3. The highest BCUT2D eigenvalue weighted by Gasteiger charge is 2.29. The van der Waals surface area contributed by atoms with Gasteiger partial charge in [0.1, 0.15) is 5.97 Å². The highest BCUT2D eigenvalue weighted by Crippen LogP contribution is 2.31. The van der Waals surface area contributed by atoms with Crippen LogP contribution in [0.2, 0.25) is 0 Å². The largest absolute Gasteiger partial charge is 0.542 e. The van der Waals surface area contributed by atoms with Crippen LogP contribution in [-0.2, 0) is 22.1 Å². The second kappa shape index (κ2) is 17.7. The molecule has 6 heteroatoms. The number of rotatable bonds is 14. The predicted molar refractivity (Wildman–Crippen MR) is 148 cm³/mol. The molecule has 0 fully saturated rings. The smallest absolute Gasteiger partial charge is 0.430 e. The Morgan fingerprint density at radius 3 is 1.39 bits per heavy atom. The molecule has 38 heavy (non-hydrogen) atoms. The fourth-order valence-corrected chi connectivity index (χ4v) is 6.21. The van der Waals surface area contributed by atoms with Crippen LogP contribution in [0.15, 0.2) is 99.6 Å². The van der Waals surface area contributed by atoms with Crippen molar-refractivity contribution in [1.29, 1.82) is 0 Å². The van der Waals surface area contributed by atoms with Gasteiger partial charge in [0.25, 0.3) is 0 Å². The standard InChI is InChI=1S/C30H39S.C2HF3O2/c1-2-3-4-5-6-7-8-9-10-13-18-27-23-25-30(26-24-27)31(28-19-14-11-15-20-28)29-21-16-12-17-22-29;3-2(4,5)1(6)7/h11-12,14-17,19-26H,2-10,13,18H2,1H3;(H,6,7)/q+1;/p-1. The van der Waals surface area contributed by atoms with E-state index < -0.39 is 12.1 Å². The molecule has 0 spiro atoms. The van der Waals surface area contributed by atoms with E-state index >= 15 is 0 Å². The summed E-state index contributed by atoms with van der Waals surface area (Å²) in [5.74, 6) is -3.01. The van der Waals surface area contributed by atoms with Gasteiger partial charge in [-0.05, 0) is 54.8 Å². The summed E-state index contributed by atoms with van der Waals surface area (Å²) in [7, 11) is -0.0375. The lowest BCUT2D eigenvalue weighted by atomic mass is 10.0. The third-order valence-electron chi connectivity index (χ3n) is 6.17. The number of hydrogen-bond donors (Lipinski definition) is 0. The number of aliphatic carboxylic acids is 1. The Hall–Kier alpha value is -2.73. The molecule has 0 aliphatic carbocycles. The van der Waals surface area contributed by atoms with Gasteiger partial charge in [0.2, 0.25) is 0 Å². The van der Waals surface area contributed by atoms with Crippen LogP contribution in [-0.4, -0.2) is 12.1 Å². The molecule has 3 rings (SSSR count). The van der Waals surface area contributed by atoms with E-state index in [-0.39, 0.29) is 10.9 Å². The predicted octanol–water partition coefficient (Wildman–Crippen LogP) is 8.54. The molecule has 2 nitrogen and oxygen atoms in total. The van der Waals surface area contributed by atoms with Crippen LogP contribution in [0.4, 0.5) is 13.2 Å². The van der Waals surface area contributed by atoms with Crippen molar-refractivity contribution in [2.24, 2.45) is 0 Å². The first-order valence-electron chi connectivity index (χ1n) is 13.5. The average Bonchev–Trinajstić information content (AvgIpc) is 2.92. The van der Waals surface area contributed by atoms with Gasteiger partial charge in [-0.3, -0.25) is 0 Å². The molecule has 0 saturated carbocycles. The van der Waals surface area contributed by atoms with E-state index in [4.69, 9.17) is 9.90 Å². The Labute approximate surface area is 228 Å². The zero-order chi connectivity index (χ0) is 27.6. The number of aryl methyl sites for hydroxylation is 1. The first kappa shape index (κ1) is 31.5. The topological polar surface area (TPSA) is 40.1 Å². The quantitative estimate of drug-likeness (QED) is 0.151. The van der Waals surface area contributed by atoms with Gasteiger partial charge in [-0.1, -0.05) is 113 Å². The molecule has 0 aliphatic rings. The van der Waals surface area contributed by atoms with E-state index in [1.165, 1.54) is 90.9 Å². The van der Waals surface area contributed by atoms with Crippen LogP contribution < -0.4 is 5.11 Å². The molecule has 0 aromatic heterocycles. The van der Waals surface area contributed by atoms with E-state index in [9.17, 15) is 13.2 Å². The number of benzene rings is 3. The summed E-state index contributed by atoms with van der Waals surface area (Å²) < 4.78 is 31.5. The number of unbranched alkanes of at least 4 members (excludes halogenated alkanes) is 9. The van der Waals surface area contributed by atoms with Crippen molar-refractivity contribution in [2.45, 2.75) is 98.4 Å². The van der Waals surface area contributed by atoms with E-state index in [0.29, 0.717) is 0 Å². The second-order valence-electron chi connectivity index (χ2n) is 9.29. The van der Waals surface area contributed by atoms with Crippen molar-refractivity contribution in [2.75, 3.05) is 0 Å². The number of carbonyl (C=O) groups is 1. The van der Waals surface area contributed by atoms with Crippen LogP contribution in [0.3, 0.4) is 0 Å². The highest BCUT2D eigenvalue weighted by atomic mass is 32.2. The lowest BCUT2D eigenvalue weighted by Crippen LogP contribution is -2.37. The molecule has 0 N–H and O–H groups in total. The van der Waals surface area contributed by atoms with Crippen LogP contribution in [0, 0.1) is 0 Å². The first-order chi connectivity index (χ1) is 18.3. The summed E-state index contributed by atoms with van der Waals surface area (Å²) in [5, 5.41) is 8.78. The van der Waals surface area contributed by atoms with Gasteiger partial charge < -0.3 is 9.90 Å². The molecule has 0 atom stereocenters. The van der Waals surface area contributed by atoms with Crippen LogP contribution >= 0.6 is 0 Å². The lowest BCUT2D eigenvalue weighted by Gasteiger charge is -2.09. The van der Waals surface area contributed by atoms with E-state index in [0.717, 1.165) is 0 Å². The molecule has 0 heterocycles.